The van der Waals surface area contributed by atoms with Gasteiger partial charge in [0.25, 0.3) is 0 Å². The molecule has 20 heavy (non-hydrogen) atoms. The van der Waals surface area contributed by atoms with Crippen LogP contribution in [0, 0.1) is 6.92 Å². The van der Waals surface area contributed by atoms with Crippen molar-refractivity contribution in [3.8, 4) is 0 Å². The Bertz CT molecular complexity index is 616. The second-order valence-electron chi connectivity index (χ2n) is 6.73. The fourth-order valence-electron chi connectivity index (χ4n) is 3.09. The Morgan fingerprint density at radius 3 is 2.65 bits per heavy atom. The molecule has 0 radical (unpaired) electrons. The number of rotatable bonds is 3. The van der Waals surface area contributed by atoms with Gasteiger partial charge in [0.2, 0.25) is 0 Å². The third-order valence-corrected chi connectivity index (χ3v) is 4.24. The summed E-state index contributed by atoms with van der Waals surface area (Å²) in [5.41, 5.74) is 2.96. The van der Waals surface area contributed by atoms with Crippen molar-refractivity contribution in [1.82, 2.24) is 10.6 Å². The molecular formula is C18H24N2. The predicted molar refractivity (Wildman–Crippen MR) is 86.0 cm³/mol. The van der Waals surface area contributed by atoms with Crippen molar-refractivity contribution >= 4 is 10.8 Å². The van der Waals surface area contributed by atoms with E-state index in [1.807, 2.05) is 0 Å². The fraction of sp³-hybridized carbons (Fsp3) is 0.444. The van der Waals surface area contributed by atoms with Crippen LogP contribution in [0.2, 0.25) is 0 Å². The Kier molecular flexibility index (Phi) is 3.53. The average molecular weight is 268 g/mol. The average Bonchev–Trinajstić information content (AvgIpc) is 2.76. The van der Waals surface area contributed by atoms with E-state index in [0.717, 1.165) is 13.1 Å². The second-order valence-corrected chi connectivity index (χ2v) is 6.73. The minimum absolute atomic E-state index is 0.276. The van der Waals surface area contributed by atoms with Crippen LogP contribution in [0.5, 0.6) is 0 Å². The summed E-state index contributed by atoms with van der Waals surface area (Å²) in [6, 6.07) is 14.0. The monoisotopic (exact) mass is 268 g/mol. The first-order chi connectivity index (χ1) is 9.52. The summed E-state index contributed by atoms with van der Waals surface area (Å²) < 4.78 is 0. The largest absolute Gasteiger partial charge is 0.310 e. The van der Waals surface area contributed by atoms with Crippen molar-refractivity contribution in [3.05, 3.63) is 47.5 Å². The van der Waals surface area contributed by atoms with E-state index < -0.39 is 0 Å². The van der Waals surface area contributed by atoms with Crippen molar-refractivity contribution in [2.24, 2.45) is 0 Å². The lowest BCUT2D eigenvalue weighted by molar-refractivity contribution is 0.442. The van der Waals surface area contributed by atoms with Gasteiger partial charge in [0.05, 0.1) is 0 Å². The molecule has 1 aliphatic rings. The number of hydrogen-bond acceptors (Lipinski definition) is 2. The van der Waals surface area contributed by atoms with Crippen LogP contribution in [0.4, 0.5) is 0 Å². The van der Waals surface area contributed by atoms with Crippen LogP contribution in [0.15, 0.2) is 36.4 Å². The Morgan fingerprint density at radius 1 is 1.15 bits per heavy atom. The molecule has 1 unspecified atom stereocenters. The lowest BCUT2D eigenvalue weighted by Gasteiger charge is -2.17. The number of benzene rings is 2. The zero-order valence-electron chi connectivity index (χ0n) is 12.7. The molecule has 0 spiro atoms. The summed E-state index contributed by atoms with van der Waals surface area (Å²) in [5, 5.41) is 9.89. The smallest absolute Gasteiger partial charge is 0.0213 e. The summed E-state index contributed by atoms with van der Waals surface area (Å²) in [5.74, 6) is 0. The van der Waals surface area contributed by atoms with E-state index in [-0.39, 0.29) is 5.54 Å². The van der Waals surface area contributed by atoms with Gasteiger partial charge < -0.3 is 10.6 Å². The molecule has 1 aliphatic heterocycles. The van der Waals surface area contributed by atoms with Crippen LogP contribution in [-0.4, -0.2) is 18.1 Å². The third kappa shape index (κ3) is 3.02. The highest BCUT2D eigenvalue weighted by atomic mass is 15.1. The van der Waals surface area contributed by atoms with Crippen molar-refractivity contribution in [2.75, 3.05) is 6.54 Å². The molecule has 2 nitrogen and oxygen atoms in total. The predicted octanol–water partition coefficient (Wildman–Crippen LogP) is 3.38. The maximum Gasteiger partial charge on any atom is 0.0213 e. The number of hydrogen-bond donors (Lipinski definition) is 2. The van der Waals surface area contributed by atoms with Gasteiger partial charge >= 0.3 is 0 Å². The zero-order chi connectivity index (χ0) is 14.2. The van der Waals surface area contributed by atoms with E-state index in [9.17, 15) is 0 Å². The van der Waals surface area contributed by atoms with Gasteiger partial charge in [0.1, 0.15) is 0 Å². The Hall–Kier alpha value is -1.38. The van der Waals surface area contributed by atoms with Gasteiger partial charge in [-0.05, 0) is 49.6 Å². The fourth-order valence-corrected chi connectivity index (χ4v) is 3.09. The maximum atomic E-state index is 3.67. The molecule has 0 amide bonds. The molecule has 1 atom stereocenters. The first kappa shape index (κ1) is 13.6. The molecule has 3 rings (SSSR count). The molecule has 2 aromatic carbocycles. The van der Waals surface area contributed by atoms with Gasteiger partial charge in [-0.3, -0.25) is 0 Å². The van der Waals surface area contributed by atoms with E-state index >= 15 is 0 Å². The summed E-state index contributed by atoms with van der Waals surface area (Å²) in [4.78, 5) is 0. The van der Waals surface area contributed by atoms with Crippen LogP contribution >= 0.6 is 0 Å². The van der Waals surface area contributed by atoms with Crippen molar-refractivity contribution in [3.63, 3.8) is 0 Å². The third-order valence-electron chi connectivity index (χ3n) is 4.24. The topological polar surface area (TPSA) is 24.1 Å². The normalized spacial score (nSPS) is 21.4. The Morgan fingerprint density at radius 2 is 1.90 bits per heavy atom. The van der Waals surface area contributed by atoms with E-state index in [4.69, 9.17) is 0 Å². The molecule has 0 bridgehead atoms. The Balaban J connectivity index is 1.67. The van der Waals surface area contributed by atoms with E-state index in [0.29, 0.717) is 6.04 Å². The van der Waals surface area contributed by atoms with Gasteiger partial charge in [-0.2, -0.15) is 0 Å². The molecule has 0 saturated carbocycles. The van der Waals surface area contributed by atoms with Crippen LogP contribution < -0.4 is 10.6 Å². The van der Waals surface area contributed by atoms with E-state index in [2.05, 4.69) is 67.8 Å². The molecular weight excluding hydrogens is 244 g/mol. The summed E-state index contributed by atoms with van der Waals surface area (Å²) in [7, 11) is 0. The highest BCUT2D eigenvalue weighted by Crippen LogP contribution is 2.20. The molecule has 0 aliphatic carbocycles. The lowest BCUT2D eigenvalue weighted by Crippen LogP contribution is -2.31. The van der Waals surface area contributed by atoms with Crippen molar-refractivity contribution < 1.29 is 0 Å². The number of nitrogens with one attached hydrogen (secondary N) is 2. The summed E-state index contributed by atoms with van der Waals surface area (Å²) in [6.07, 6.45) is 1.19. The molecule has 1 saturated heterocycles. The number of aryl methyl sites for hydroxylation is 1. The van der Waals surface area contributed by atoms with Gasteiger partial charge in [-0.1, -0.05) is 35.9 Å². The summed E-state index contributed by atoms with van der Waals surface area (Å²) >= 11 is 0. The summed E-state index contributed by atoms with van der Waals surface area (Å²) in [6.45, 7) is 8.70. The molecule has 2 heteroatoms. The molecule has 1 fully saturated rings. The van der Waals surface area contributed by atoms with E-state index in [1.165, 1.54) is 28.3 Å². The van der Waals surface area contributed by atoms with Crippen LogP contribution in [0.25, 0.3) is 10.8 Å². The standard InChI is InChI=1S/C18H24N2/c1-13-4-6-16-9-14(5-7-15(16)8-13)11-19-17-10-18(2,3)20-12-17/h4-9,17,19-20H,10-12H2,1-3H3. The van der Waals surface area contributed by atoms with Crippen molar-refractivity contribution in [1.29, 1.82) is 0 Å². The molecule has 2 aromatic rings. The molecule has 0 aromatic heterocycles. The van der Waals surface area contributed by atoms with Gasteiger partial charge in [0.15, 0.2) is 0 Å². The lowest BCUT2D eigenvalue weighted by atomic mass is 10.0. The van der Waals surface area contributed by atoms with E-state index in [1.54, 1.807) is 0 Å². The first-order valence-corrected chi connectivity index (χ1v) is 7.50. The van der Waals surface area contributed by atoms with Crippen LogP contribution in [0.1, 0.15) is 31.4 Å². The quantitative estimate of drug-likeness (QED) is 0.892. The second kappa shape index (κ2) is 5.19. The van der Waals surface area contributed by atoms with Gasteiger partial charge in [-0.25, -0.2) is 0 Å². The molecule has 106 valence electrons. The first-order valence-electron chi connectivity index (χ1n) is 7.50. The van der Waals surface area contributed by atoms with Gasteiger partial charge in [-0.15, -0.1) is 0 Å². The van der Waals surface area contributed by atoms with Gasteiger partial charge in [0, 0.05) is 24.7 Å². The van der Waals surface area contributed by atoms with Crippen LogP contribution in [-0.2, 0) is 6.54 Å². The minimum Gasteiger partial charge on any atom is -0.310 e. The maximum absolute atomic E-state index is 3.67. The molecule has 2 N–H and O–H groups in total. The SMILES string of the molecule is Cc1ccc2cc(CNC3CNC(C)(C)C3)ccc2c1. The van der Waals surface area contributed by atoms with Crippen molar-refractivity contribution in [2.45, 2.75) is 45.3 Å². The number of fused-ring (bicyclic) bond motifs is 1. The van der Waals surface area contributed by atoms with Crippen LogP contribution in [0.3, 0.4) is 0 Å². The highest BCUT2D eigenvalue weighted by molar-refractivity contribution is 5.83. The highest BCUT2D eigenvalue weighted by Gasteiger charge is 2.29. The zero-order valence-corrected chi connectivity index (χ0v) is 12.7. The molecule has 1 heterocycles. The Labute approximate surface area is 121 Å². The minimum atomic E-state index is 0.276.